The highest BCUT2D eigenvalue weighted by Crippen LogP contribution is 2.39. The normalized spacial score (nSPS) is 14.1. The van der Waals surface area contributed by atoms with Crippen molar-refractivity contribution in [3.8, 4) is 0 Å². The third-order valence-electron chi connectivity index (χ3n) is 2.83. The van der Waals surface area contributed by atoms with Gasteiger partial charge in [0.25, 0.3) is 0 Å². The lowest BCUT2D eigenvalue weighted by Crippen LogP contribution is -2.18. The van der Waals surface area contributed by atoms with Crippen LogP contribution in [0.2, 0.25) is 0 Å². The molecule has 0 saturated carbocycles. The molecule has 1 unspecified atom stereocenters. The first-order valence-corrected chi connectivity index (χ1v) is 5.49. The van der Waals surface area contributed by atoms with Gasteiger partial charge in [-0.1, -0.05) is 18.2 Å². The molecule has 0 aliphatic heterocycles. The van der Waals surface area contributed by atoms with E-state index in [4.69, 9.17) is 10.8 Å². The predicted octanol–water partition coefficient (Wildman–Crippen LogP) is 2.57. The minimum Gasteiger partial charge on any atom is -0.396 e. The second kappa shape index (κ2) is 4.62. The molecule has 0 saturated heterocycles. The average Bonchev–Trinajstić information content (AvgIpc) is 2.68. The van der Waals surface area contributed by atoms with Crippen molar-refractivity contribution >= 4 is 10.9 Å². The van der Waals surface area contributed by atoms with Gasteiger partial charge in [0.05, 0.1) is 5.56 Å². The standard InChI is InChI=1S/C12H13F3N2O/c13-12(14,15)10-7-3-1-2-4-9(7)17-11(10)8(16)5-6-18/h1-4,8,17-18H,5-6,16H2. The molecule has 1 aromatic heterocycles. The summed E-state index contributed by atoms with van der Waals surface area (Å²) in [6.07, 6.45) is -4.39. The van der Waals surface area contributed by atoms with E-state index in [1.54, 1.807) is 18.2 Å². The van der Waals surface area contributed by atoms with Crippen molar-refractivity contribution in [1.29, 1.82) is 0 Å². The lowest BCUT2D eigenvalue weighted by atomic mass is 10.0. The van der Waals surface area contributed by atoms with E-state index in [1.807, 2.05) is 0 Å². The molecule has 0 radical (unpaired) electrons. The molecule has 3 nitrogen and oxygen atoms in total. The van der Waals surface area contributed by atoms with Crippen LogP contribution in [0.15, 0.2) is 24.3 Å². The van der Waals surface area contributed by atoms with Gasteiger partial charge >= 0.3 is 6.18 Å². The number of halogens is 3. The Kier molecular flexibility index (Phi) is 3.32. The lowest BCUT2D eigenvalue weighted by Gasteiger charge is -2.13. The van der Waals surface area contributed by atoms with Gasteiger partial charge in [-0.2, -0.15) is 13.2 Å². The van der Waals surface area contributed by atoms with Crippen molar-refractivity contribution in [3.63, 3.8) is 0 Å². The number of aliphatic hydroxyl groups excluding tert-OH is 1. The molecule has 18 heavy (non-hydrogen) atoms. The van der Waals surface area contributed by atoms with Crippen LogP contribution in [0.25, 0.3) is 10.9 Å². The molecule has 0 fully saturated rings. The number of hydrogen-bond acceptors (Lipinski definition) is 2. The number of fused-ring (bicyclic) bond motifs is 1. The van der Waals surface area contributed by atoms with E-state index in [0.29, 0.717) is 5.52 Å². The largest absolute Gasteiger partial charge is 0.418 e. The fourth-order valence-electron chi connectivity index (χ4n) is 2.03. The Hall–Kier alpha value is -1.53. The van der Waals surface area contributed by atoms with Gasteiger partial charge in [-0.3, -0.25) is 0 Å². The first-order valence-electron chi connectivity index (χ1n) is 5.49. The molecular formula is C12H13F3N2O. The summed E-state index contributed by atoms with van der Waals surface area (Å²) < 4.78 is 39.2. The predicted molar refractivity (Wildman–Crippen MR) is 61.9 cm³/mol. The zero-order chi connectivity index (χ0) is 13.3. The topological polar surface area (TPSA) is 62.0 Å². The Balaban J connectivity index is 2.64. The number of H-pyrrole nitrogens is 1. The molecule has 0 bridgehead atoms. The zero-order valence-corrected chi connectivity index (χ0v) is 9.46. The van der Waals surface area contributed by atoms with Crippen LogP contribution in [-0.2, 0) is 6.18 Å². The Bertz CT molecular complexity index is 548. The second-order valence-electron chi connectivity index (χ2n) is 4.08. The van der Waals surface area contributed by atoms with E-state index in [0.717, 1.165) is 0 Å². The first-order chi connectivity index (χ1) is 8.45. The maximum atomic E-state index is 13.1. The number of aliphatic hydroxyl groups is 1. The van der Waals surface area contributed by atoms with Crippen molar-refractivity contribution in [1.82, 2.24) is 4.98 Å². The zero-order valence-electron chi connectivity index (χ0n) is 9.46. The van der Waals surface area contributed by atoms with Crippen molar-refractivity contribution in [2.75, 3.05) is 6.61 Å². The Labute approximate surface area is 101 Å². The smallest absolute Gasteiger partial charge is 0.396 e. The summed E-state index contributed by atoms with van der Waals surface area (Å²) in [6.45, 7) is -0.256. The van der Waals surface area contributed by atoms with Gasteiger partial charge in [-0.15, -0.1) is 0 Å². The number of para-hydroxylation sites is 1. The summed E-state index contributed by atoms with van der Waals surface area (Å²) >= 11 is 0. The maximum absolute atomic E-state index is 13.1. The third-order valence-corrected chi connectivity index (χ3v) is 2.83. The number of aromatic nitrogens is 1. The quantitative estimate of drug-likeness (QED) is 0.792. The number of nitrogens with one attached hydrogen (secondary N) is 1. The fraction of sp³-hybridized carbons (Fsp3) is 0.333. The molecule has 2 aromatic rings. The molecule has 6 heteroatoms. The summed E-state index contributed by atoms with van der Waals surface area (Å²) in [5, 5.41) is 8.90. The highest BCUT2D eigenvalue weighted by Gasteiger charge is 2.38. The monoisotopic (exact) mass is 258 g/mol. The molecule has 0 amide bonds. The van der Waals surface area contributed by atoms with E-state index >= 15 is 0 Å². The Morgan fingerprint density at radius 1 is 1.28 bits per heavy atom. The number of benzene rings is 1. The number of nitrogens with two attached hydrogens (primary N) is 1. The van der Waals surface area contributed by atoms with Crippen molar-refractivity contribution in [3.05, 3.63) is 35.5 Å². The van der Waals surface area contributed by atoms with Crippen molar-refractivity contribution < 1.29 is 18.3 Å². The van der Waals surface area contributed by atoms with E-state index in [9.17, 15) is 13.2 Å². The van der Waals surface area contributed by atoms with Gasteiger partial charge in [0, 0.05) is 29.2 Å². The van der Waals surface area contributed by atoms with Crippen molar-refractivity contribution in [2.45, 2.75) is 18.6 Å². The average molecular weight is 258 g/mol. The Morgan fingerprint density at radius 2 is 1.94 bits per heavy atom. The number of aromatic amines is 1. The van der Waals surface area contributed by atoms with Gasteiger partial charge in [-0.05, 0) is 12.5 Å². The molecule has 0 aliphatic carbocycles. The summed E-state index contributed by atoms with van der Waals surface area (Å²) in [4.78, 5) is 2.70. The molecule has 4 N–H and O–H groups in total. The molecule has 1 aromatic carbocycles. The van der Waals surface area contributed by atoms with E-state index in [1.165, 1.54) is 6.07 Å². The van der Waals surface area contributed by atoms with Crippen LogP contribution in [0, 0.1) is 0 Å². The lowest BCUT2D eigenvalue weighted by molar-refractivity contribution is -0.137. The summed E-state index contributed by atoms with van der Waals surface area (Å²) in [6, 6.07) is 5.32. The molecular weight excluding hydrogens is 245 g/mol. The fourth-order valence-corrected chi connectivity index (χ4v) is 2.03. The highest BCUT2D eigenvalue weighted by molar-refractivity contribution is 5.85. The van der Waals surface area contributed by atoms with Crippen LogP contribution < -0.4 is 5.73 Å². The number of hydrogen-bond donors (Lipinski definition) is 3. The highest BCUT2D eigenvalue weighted by atomic mass is 19.4. The molecule has 2 rings (SSSR count). The molecule has 98 valence electrons. The summed E-state index contributed by atoms with van der Waals surface area (Å²) in [7, 11) is 0. The van der Waals surface area contributed by atoms with Crippen LogP contribution in [0.4, 0.5) is 13.2 Å². The molecule has 1 atom stereocenters. The molecule has 0 aliphatic rings. The van der Waals surface area contributed by atoms with Gasteiger partial charge in [-0.25, -0.2) is 0 Å². The maximum Gasteiger partial charge on any atom is 0.418 e. The minimum absolute atomic E-state index is 0.0715. The van der Waals surface area contributed by atoms with E-state index in [-0.39, 0.29) is 24.1 Å². The van der Waals surface area contributed by atoms with Gasteiger partial charge in [0.15, 0.2) is 0 Å². The van der Waals surface area contributed by atoms with E-state index in [2.05, 4.69) is 4.98 Å². The van der Waals surface area contributed by atoms with Crippen molar-refractivity contribution in [2.24, 2.45) is 5.73 Å². The Morgan fingerprint density at radius 3 is 2.56 bits per heavy atom. The van der Waals surface area contributed by atoms with Gasteiger partial charge in [0.2, 0.25) is 0 Å². The van der Waals surface area contributed by atoms with Crippen LogP contribution in [-0.4, -0.2) is 16.7 Å². The van der Waals surface area contributed by atoms with Crippen LogP contribution in [0.1, 0.15) is 23.7 Å². The summed E-state index contributed by atoms with van der Waals surface area (Å²) in [5.41, 5.74) is 5.26. The molecule has 0 spiro atoms. The summed E-state index contributed by atoms with van der Waals surface area (Å²) in [5.74, 6) is 0. The minimum atomic E-state index is -4.47. The van der Waals surface area contributed by atoms with E-state index < -0.39 is 17.8 Å². The van der Waals surface area contributed by atoms with Gasteiger partial charge < -0.3 is 15.8 Å². The van der Waals surface area contributed by atoms with Crippen LogP contribution >= 0.6 is 0 Å². The third kappa shape index (κ3) is 2.21. The second-order valence-corrected chi connectivity index (χ2v) is 4.08. The SMILES string of the molecule is NC(CCO)c1[nH]c2ccccc2c1C(F)(F)F. The first kappa shape index (κ1) is 12.9. The van der Waals surface area contributed by atoms with Crippen LogP contribution in [0.3, 0.4) is 0 Å². The number of alkyl halides is 3. The van der Waals surface area contributed by atoms with Gasteiger partial charge in [0.1, 0.15) is 0 Å². The number of rotatable bonds is 3. The molecule has 1 heterocycles. The van der Waals surface area contributed by atoms with Crippen LogP contribution in [0.5, 0.6) is 0 Å².